The Morgan fingerprint density at radius 3 is 2.52 bits per heavy atom. The predicted molar refractivity (Wildman–Crippen MR) is 81.6 cm³/mol. The van der Waals surface area contributed by atoms with Gasteiger partial charge in [0, 0.05) is 10.7 Å². The van der Waals surface area contributed by atoms with Crippen LogP contribution in [0, 0.1) is 5.92 Å². The van der Waals surface area contributed by atoms with Gasteiger partial charge in [-0.1, -0.05) is 18.5 Å². The van der Waals surface area contributed by atoms with Gasteiger partial charge in [-0.2, -0.15) is 0 Å². The summed E-state index contributed by atoms with van der Waals surface area (Å²) in [6, 6.07) is 4.61. The molecule has 0 bridgehead atoms. The van der Waals surface area contributed by atoms with Crippen LogP contribution in [-0.2, 0) is 4.79 Å². The van der Waals surface area contributed by atoms with Crippen LogP contribution in [0.3, 0.4) is 0 Å². The van der Waals surface area contributed by atoms with E-state index in [1.165, 1.54) is 6.07 Å². The Labute approximate surface area is 128 Å². The highest BCUT2D eigenvalue weighted by molar-refractivity contribution is 6.31. The second-order valence-corrected chi connectivity index (χ2v) is 6.19. The predicted octanol–water partition coefficient (Wildman–Crippen LogP) is 2.88. The van der Waals surface area contributed by atoms with E-state index in [2.05, 4.69) is 12.2 Å². The lowest BCUT2D eigenvalue weighted by molar-refractivity contribution is -0.143. The minimum absolute atomic E-state index is 0.249. The number of hydrogen-bond donors (Lipinski definition) is 3. The maximum Gasteiger partial charge on any atom is 0.329 e. The Morgan fingerprint density at radius 1 is 1.38 bits per heavy atom. The van der Waals surface area contributed by atoms with Gasteiger partial charge in [0.25, 0.3) is 5.91 Å². The number of aliphatic carboxylic acids is 1. The molecule has 6 heteroatoms. The average Bonchev–Trinajstić information content (AvgIpc) is 2.41. The fourth-order valence-electron chi connectivity index (χ4n) is 2.74. The van der Waals surface area contributed by atoms with Crippen LogP contribution >= 0.6 is 11.6 Å². The number of carbonyl (C=O) groups is 2. The van der Waals surface area contributed by atoms with Crippen molar-refractivity contribution in [2.45, 2.75) is 38.1 Å². The summed E-state index contributed by atoms with van der Waals surface area (Å²) in [6.45, 7) is 2.11. The summed E-state index contributed by atoms with van der Waals surface area (Å²) in [7, 11) is 0. The summed E-state index contributed by atoms with van der Waals surface area (Å²) in [5.74, 6) is -1.02. The van der Waals surface area contributed by atoms with E-state index < -0.39 is 17.4 Å². The number of anilines is 1. The average molecular weight is 311 g/mol. The van der Waals surface area contributed by atoms with Gasteiger partial charge in [-0.3, -0.25) is 4.79 Å². The van der Waals surface area contributed by atoms with E-state index in [9.17, 15) is 14.7 Å². The van der Waals surface area contributed by atoms with Gasteiger partial charge in [0.2, 0.25) is 0 Å². The number of carboxylic acids is 1. The number of carboxylic acid groups (broad SMARTS) is 1. The topological polar surface area (TPSA) is 92.4 Å². The zero-order chi connectivity index (χ0) is 15.6. The largest absolute Gasteiger partial charge is 0.480 e. The van der Waals surface area contributed by atoms with Crippen molar-refractivity contribution < 1.29 is 14.7 Å². The van der Waals surface area contributed by atoms with Crippen LogP contribution in [0.15, 0.2) is 18.2 Å². The Balaban J connectivity index is 2.36. The molecule has 0 atom stereocenters. The SMILES string of the molecule is CC1CCC(Nc2cc(Cl)ccc2C(N)=O)(C(=O)O)CC1. The molecule has 0 radical (unpaired) electrons. The van der Waals surface area contributed by atoms with Gasteiger partial charge in [-0.15, -0.1) is 0 Å². The molecule has 0 aliphatic heterocycles. The molecular formula is C15H19ClN2O3. The van der Waals surface area contributed by atoms with Gasteiger partial charge in [-0.05, 0) is 49.8 Å². The lowest BCUT2D eigenvalue weighted by atomic mass is 9.77. The summed E-state index contributed by atoms with van der Waals surface area (Å²) in [5.41, 5.74) is 4.90. The number of primary amides is 1. The first-order chi connectivity index (χ1) is 9.84. The second kappa shape index (κ2) is 5.93. The normalized spacial score (nSPS) is 25.3. The van der Waals surface area contributed by atoms with Crippen molar-refractivity contribution in [3.05, 3.63) is 28.8 Å². The molecular weight excluding hydrogens is 292 g/mol. The molecule has 0 spiro atoms. The van der Waals surface area contributed by atoms with Crippen LogP contribution in [0.5, 0.6) is 0 Å². The van der Waals surface area contributed by atoms with Crippen LogP contribution in [0.1, 0.15) is 43.0 Å². The first-order valence-corrected chi connectivity index (χ1v) is 7.33. The molecule has 1 saturated carbocycles. The quantitative estimate of drug-likeness (QED) is 0.797. The summed E-state index contributed by atoms with van der Waals surface area (Å²) >= 11 is 5.95. The fraction of sp³-hybridized carbons (Fsp3) is 0.467. The van der Waals surface area contributed by atoms with Crippen molar-refractivity contribution in [1.29, 1.82) is 0 Å². The Hall–Kier alpha value is -1.75. The van der Waals surface area contributed by atoms with Crippen LogP contribution in [-0.4, -0.2) is 22.5 Å². The standard InChI is InChI=1S/C15H19ClN2O3/c1-9-4-6-15(7-5-9,14(20)21)18-12-8-10(16)2-3-11(12)13(17)19/h2-3,8-9,18H,4-7H2,1H3,(H2,17,19)(H,20,21). The molecule has 1 amide bonds. The van der Waals surface area contributed by atoms with E-state index in [1.807, 2.05) is 0 Å². The van der Waals surface area contributed by atoms with Crippen molar-refractivity contribution in [3.8, 4) is 0 Å². The summed E-state index contributed by atoms with van der Waals surface area (Å²) in [4.78, 5) is 23.2. The first kappa shape index (κ1) is 15.6. The van der Waals surface area contributed by atoms with E-state index in [-0.39, 0.29) is 5.56 Å². The van der Waals surface area contributed by atoms with E-state index in [0.29, 0.717) is 29.5 Å². The maximum atomic E-state index is 11.7. The fourth-order valence-corrected chi connectivity index (χ4v) is 2.91. The van der Waals surface area contributed by atoms with Crippen molar-refractivity contribution in [2.24, 2.45) is 11.7 Å². The molecule has 0 aromatic heterocycles. The number of halogens is 1. The van der Waals surface area contributed by atoms with Gasteiger partial charge in [0.15, 0.2) is 0 Å². The van der Waals surface area contributed by atoms with Crippen LogP contribution in [0.25, 0.3) is 0 Å². The molecule has 0 unspecified atom stereocenters. The minimum atomic E-state index is -1.07. The smallest absolute Gasteiger partial charge is 0.329 e. The zero-order valence-corrected chi connectivity index (χ0v) is 12.6. The van der Waals surface area contributed by atoms with Crippen LogP contribution < -0.4 is 11.1 Å². The molecule has 1 fully saturated rings. The van der Waals surface area contributed by atoms with Gasteiger partial charge in [-0.25, -0.2) is 4.79 Å². The number of carbonyl (C=O) groups excluding carboxylic acids is 1. The molecule has 21 heavy (non-hydrogen) atoms. The van der Waals surface area contributed by atoms with Crippen molar-refractivity contribution in [3.63, 3.8) is 0 Å². The molecule has 0 saturated heterocycles. The van der Waals surface area contributed by atoms with Crippen LogP contribution in [0.4, 0.5) is 5.69 Å². The number of nitrogens with two attached hydrogens (primary N) is 1. The lowest BCUT2D eigenvalue weighted by Crippen LogP contribution is -2.49. The number of benzene rings is 1. The summed E-state index contributed by atoms with van der Waals surface area (Å²) in [5, 5.41) is 13.1. The molecule has 4 N–H and O–H groups in total. The third kappa shape index (κ3) is 3.29. The van der Waals surface area contributed by atoms with Gasteiger partial charge >= 0.3 is 5.97 Å². The second-order valence-electron chi connectivity index (χ2n) is 5.75. The minimum Gasteiger partial charge on any atom is -0.480 e. The van der Waals surface area contributed by atoms with Gasteiger partial charge in [0.1, 0.15) is 5.54 Å². The Bertz CT molecular complexity index is 566. The number of amides is 1. The number of rotatable bonds is 4. The van der Waals surface area contributed by atoms with Crippen molar-refractivity contribution >= 4 is 29.2 Å². The monoisotopic (exact) mass is 310 g/mol. The van der Waals surface area contributed by atoms with Gasteiger partial charge in [0.05, 0.1) is 5.56 Å². The molecule has 2 rings (SSSR count). The molecule has 0 heterocycles. The summed E-state index contributed by atoms with van der Waals surface area (Å²) in [6.07, 6.45) is 2.67. The summed E-state index contributed by atoms with van der Waals surface area (Å²) < 4.78 is 0. The highest BCUT2D eigenvalue weighted by atomic mass is 35.5. The first-order valence-electron chi connectivity index (χ1n) is 6.95. The Morgan fingerprint density at radius 2 is 2.00 bits per heavy atom. The van der Waals surface area contributed by atoms with E-state index >= 15 is 0 Å². The van der Waals surface area contributed by atoms with Gasteiger partial charge < -0.3 is 16.2 Å². The maximum absolute atomic E-state index is 11.7. The highest BCUT2D eigenvalue weighted by Gasteiger charge is 2.41. The molecule has 114 valence electrons. The van der Waals surface area contributed by atoms with Crippen molar-refractivity contribution in [2.75, 3.05) is 5.32 Å². The third-order valence-electron chi connectivity index (χ3n) is 4.16. The van der Waals surface area contributed by atoms with Crippen molar-refractivity contribution in [1.82, 2.24) is 0 Å². The Kier molecular flexibility index (Phi) is 4.42. The number of hydrogen-bond acceptors (Lipinski definition) is 3. The molecule has 5 nitrogen and oxygen atoms in total. The molecule has 1 aromatic carbocycles. The highest BCUT2D eigenvalue weighted by Crippen LogP contribution is 2.36. The van der Waals surface area contributed by atoms with E-state index in [1.54, 1.807) is 12.1 Å². The van der Waals surface area contributed by atoms with E-state index in [4.69, 9.17) is 17.3 Å². The molecule has 1 aliphatic rings. The molecule has 1 aromatic rings. The zero-order valence-electron chi connectivity index (χ0n) is 11.9. The van der Waals surface area contributed by atoms with Crippen LogP contribution in [0.2, 0.25) is 5.02 Å². The number of nitrogens with one attached hydrogen (secondary N) is 1. The van der Waals surface area contributed by atoms with E-state index in [0.717, 1.165) is 12.8 Å². The third-order valence-corrected chi connectivity index (χ3v) is 4.39. The molecule has 1 aliphatic carbocycles. The lowest BCUT2D eigenvalue weighted by Gasteiger charge is -2.37.